The number of aliphatic carboxylic acids is 1. The Balaban J connectivity index is 2.70. The fourth-order valence-electron chi connectivity index (χ4n) is 0.634. The number of nitrogens with zero attached hydrogens (tertiary/aromatic N) is 1. The molecule has 0 aliphatic heterocycles. The lowest BCUT2D eigenvalue weighted by atomic mass is 10.4. The number of hydrogen-bond donors (Lipinski definition) is 2. The average Bonchev–Trinajstić information content (AvgIpc) is 2.48. The van der Waals surface area contributed by atoms with Crippen molar-refractivity contribution in [3.63, 3.8) is 0 Å². The summed E-state index contributed by atoms with van der Waals surface area (Å²) in [4.78, 5) is 14.2. The maximum absolute atomic E-state index is 10.1. The van der Waals surface area contributed by atoms with Crippen LogP contribution in [0.2, 0.25) is 0 Å². The highest BCUT2D eigenvalue weighted by Crippen LogP contribution is 2.14. The third-order valence-electron chi connectivity index (χ3n) is 1.13. The lowest BCUT2D eigenvalue weighted by Gasteiger charge is -1.86. The highest BCUT2D eigenvalue weighted by Gasteiger charge is 1.95. The second-order valence-corrected chi connectivity index (χ2v) is 2.86. The van der Waals surface area contributed by atoms with E-state index in [4.69, 9.17) is 5.11 Å². The summed E-state index contributed by atoms with van der Waals surface area (Å²) < 4.78 is 0. The van der Waals surface area contributed by atoms with Gasteiger partial charge in [0.1, 0.15) is 0 Å². The number of carbonyl (C=O) groups is 1. The molecule has 2 N–H and O–H groups in total. The molecule has 0 atom stereocenters. The van der Waals surface area contributed by atoms with Crippen LogP contribution < -0.4 is 5.32 Å². The van der Waals surface area contributed by atoms with Crippen molar-refractivity contribution in [2.24, 2.45) is 0 Å². The zero-order valence-corrected chi connectivity index (χ0v) is 7.26. The molecule has 1 heterocycles. The van der Waals surface area contributed by atoms with Crippen LogP contribution in [0.4, 0.5) is 5.13 Å². The maximum Gasteiger partial charge on any atom is 0.328 e. The molecule has 0 aromatic carbocycles. The molecule has 0 unspecified atom stereocenters. The van der Waals surface area contributed by atoms with Gasteiger partial charge in [-0.2, -0.15) is 0 Å². The second kappa shape index (κ2) is 3.87. The van der Waals surface area contributed by atoms with Gasteiger partial charge in [-0.1, -0.05) is 0 Å². The molecule has 64 valence electrons. The fourth-order valence-corrected chi connectivity index (χ4v) is 1.27. The number of nitrogens with one attached hydrogen (secondary N) is 1. The number of carboxylic acids is 1. The summed E-state index contributed by atoms with van der Waals surface area (Å²) in [5, 5.41) is 13.7. The van der Waals surface area contributed by atoms with Crippen molar-refractivity contribution >= 4 is 28.5 Å². The van der Waals surface area contributed by atoms with Gasteiger partial charge in [0.05, 0.1) is 5.69 Å². The van der Waals surface area contributed by atoms with Crippen molar-refractivity contribution in [1.82, 2.24) is 4.98 Å². The van der Waals surface area contributed by atoms with Gasteiger partial charge in [-0.15, -0.1) is 11.3 Å². The molecule has 0 aliphatic rings. The van der Waals surface area contributed by atoms with Gasteiger partial charge in [-0.05, 0) is 6.08 Å². The first kappa shape index (κ1) is 8.73. The predicted octanol–water partition coefficient (Wildman–Crippen LogP) is 1.28. The molecule has 0 bridgehead atoms. The maximum atomic E-state index is 10.1. The zero-order valence-electron chi connectivity index (χ0n) is 6.44. The van der Waals surface area contributed by atoms with Gasteiger partial charge < -0.3 is 10.4 Å². The molecule has 1 aromatic heterocycles. The number of anilines is 1. The fraction of sp³-hybridized carbons (Fsp3) is 0.143. The minimum Gasteiger partial charge on any atom is -0.478 e. The number of carboxylic acid groups (broad SMARTS) is 1. The van der Waals surface area contributed by atoms with Crippen LogP contribution in [0.1, 0.15) is 5.69 Å². The SMILES string of the molecule is CNc1nc(/C=C/C(=O)O)cs1. The van der Waals surface area contributed by atoms with E-state index >= 15 is 0 Å². The highest BCUT2D eigenvalue weighted by molar-refractivity contribution is 7.13. The van der Waals surface area contributed by atoms with E-state index in [9.17, 15) is 4.79 Å². The molecular formula is C7H8N2O2S. The van der Waals surface area contributed by atoms with E-state index in [0.29, 0.717) is 5.69 Å². The van der Waals surface area contributed by atoms with Crippen LogP contribution in [0.3, 0.4) is 0 Å². The Morgan fingerprint density at radius 1 is 1.83 bits per heavy atom. The molecule has 0 saturated heterocycles. The van der Waals surface area contributed by atoms with Crippen molar-refractivity contribution in [2.75, 3.05) is 12.4 Å². The first-order valence-electron chi connectivity index (χ1n) is 3.26. The number of aromatic nitrogens is 1. The molecule has 1 aromatic rings. The number of thiazole rings is 1. The lowest BCUT2D eigenvalue weighted by molar-refractivity contribution is -0.131. The predicted molar refractivity (Wildman–Crippen MR) is 48.3 cm³/mol. The van der Waals surface area contributed by atoms with E-state index in [1.807, 2.05) is 0 Å². The monoisotopic (exact) mass is 184 g/mol. The standard InChI is InChI=1S/C7H8N2O2S/c1-8-7-9-5(4-12-7)2-3-6(10)11/h2-4H,1H3,(H,8,9)(H,10,11)/b3-2+. The van der Waals surface area contributed by atoms with Crippen molar-refractivity contribution in [3.05, 3.63) is 17.2 Å². The Labute approximate surface area is 73.6 Å². The summed E-state index contributed by atoms with van der Waals surface area (Å²) in [5.41, 5.74) is 0.659. The Kier molecular flexibility index (Phi) is 2.82. The third kappa shape index (κ3) is 2.35. The Bertz CT molecular complexity index is 306. The van der Waals surface area contributed by atoms with Crippen LogP contribution >= 0.6 is 11.3 Å². The average molecular weight is 184 g/mol. The molecule has 0 fully saturated rings. The van der Waals surface area contributed by atoms with E-state index in [1.54, 1.807) is 12.4 Å². The van der Waals surface area contributed by atoms with Gasteiger partial charge in [-0.25, -0.2) is 9.78 Å². The molecule has 0 spiro atoms. The van der Waals surface area contributed by atoms with E-state index in [0.717, 1.165) is 11.2 Å². The zero-order chi connectivity index (χ0) is 8.97. The van der Waals surface area contributed by atoms with Crippen molar-refractivity contribution in [2.45, 2.75) is 0 Å². The highest BCUT2D eigenvalue weighted by atomic mass is 32.1. The topological polar surface area (TPSA) is 62.2 Å². The summed E-state index contributed by atoms with van der Waals surface area (Å²) in [6.45, 7) is 0. The summed E-state index contributed by atoms with van der Waals surface area (Å²) in [7, 11) is 1.77. The van der Waals surface area contributed by atoms with Crippen LogP contribution in [0.25, 0.3) is 6.08 Å². The van der Waals surface area contributed by atoms with Crippen LogP contribution in [0.5, 0.6) is 0 Å². The first-order chi connectivity index (χ1) is 5.72. The molecule has 0 aliphatic carbocycles. The van der Waals surface area contributed by atoms with Crippen molar-refractivity contribution in [3.8, 4) is 0 Å². The van der Waals surface area contributed by atoms with E-state index in [1.165, 1.54) is 17.4 Å². The molecule has 5 heteroatoms. The first-order valence-corrected chi connectivity index (χ1v) is 4.14. The molecule has 1 rings (SSSR count). The van der Waals surface area contributed by atoms with Crippen LogP contribution in [-0.2, 0) is 4.79 Å². The second-order valence-electron chi connectivity index (χ2n) is 2.00. The Hall–Kier alpha value is -1.36. The smallest absolute Gasteiger partial charge is 0.328 e. The molecule has 4 nitrogen and oxygen atoms in total. The van der Waals surface area contributed by atoms with Gasteiger partial charge >= 0.3 is 5.97 Å². The summed E-state index contributed by atoms with van der Waals surface area (Å²) >= 11 is 1.43. The number of rotatable bonds is 3. The van der Waals surface area contributed by atoms with E-state index in [2.05, 4.69) is 10.3 Å². The summed E-state index contributed by atoms with van der Waals surface area (Å²) in [6.07, 6.45) is 2.52. The van der Waals surface area contributed by atoms with Gasteiger partial charge in [-0.3, -0.25) is 0 Å². The van der Waals surface area contributed by atoms with Gasteiger partial charge in [0.2, 0.25) is 0 Å². The molecule has 12 heavy (non-hydrogen) atoms. The van der Waals surface area contributed by atoms with E-state index in [-0.39, 0.29) is 0 Å². The largest absolute Gasteiger partial charge is 0.478 e. The van der Waals surface area contributed by atoms with Gasteiger partial charge in [0.15, 0.2) is 5.13 Å². The number of hydrogen-bond acceptors (Lipinski definition) is 4. The minimum atomic E-state index is -0.964. The molecule has 0 radical (unpaired) electrons. The normalized spacial score (nSPS) is 10.4. The van der Waals surface area contributed by atoms with Crippen molar-refractivity contribution < 1.29 is 9.90 Å². The van der Waals surface area contributed by atoms with Crippen LogP contribution in [-0.4, -0.2) is 23.1 Å². The third-order valence-corrected chi connectivity index (χ3v) is 2.01. The summed E-state index contributed by atoms with van der Waals surface area (Å²) in [6, 6.07) is 0. The lowest BCUT2D eigenvalue weighted by Crippen LogP contribution is -1.87. The molecular weight excluding hydrogens is 176 g/mol. The minimum absolute atomic E-state index is 0.659. The van der Waals surface area contributed by atoms with Crippen molar-refractivity contribution in [1.29, 1.82) is 0 Å². The molecule has 0 amide bonds. The van der Waals surface area contributed by atoms with E-state index < -0.39 is 5.97 Å². The Morgan fingerprint density at radius 3 is 3.08 bits per heavy atom. The van der Waals surface area contributed by atoms with Crippen LogP contribution in [0, 0.1) is 0 Å². The quantitative estimate of drug-likeness (QED) is 0.695. The molecule has 0 saturated carbocycles. The van der Waals surface area contributed by atoms with Gasteiger partial charge in [0.25, 0.3) is 0 Å². The Morgan fingerprint density at radius 2 is 2.58 bits per heavy atom. The van der Waals surface area contributed by atoms with Crippen LogP contribution in [0.15, 0.2) is 11.5 Å². The van der Waals surface area contributed by atoms with Gasteiger partial charge in [0, 0.05) is 18.5 Å². The summed E-state index contributed by atoms with van der Waals surface area (Å²) in [5.74, 6) is -0.964.